The molecule has 2 heterocycles. The van der Waals surface area contributed by atoms with Crippen LogP contribution in [0, 0.1) is 0 Å². The van der Waals surface area contributed by atoms with E-state index in [2.05, 4.69) is 44.8 Å². The molecule has 1 atom stereocenters. The molecule has 1 saturated heterocycles. The molecule has 0 aliphatic carbocycles. The summed E-state index contributed by atoms with van der Waals surface area (Å²) >= 11 is 0. The Morgan fingerprint density at radius 3 is 2.54 bits per heavy atom. The van der Waals surface area contributed by atoms with Gasteiger partial charge in [0.05, 0.1) is 0 Å². The van der Waals surface area contributed by atoms with Crippen molar-refractivity contribution < 1.29 is 4.79 Å². The maximum absolute atomic E-state index is 12.5. The third-order valence-electron chi connectivity index (χ3n) is 4.96. The highest BCUT2D eigenvalue weighted by atomic mass is 16.1. The van der Waals surface area contributed by atoms with E-state index in [1.165, 1.54) is 5.56 Å². The van der Waals surface area contributed by atoms with Gasteiger partial charge in [-0.25, -0.2) is 4.98 Å². The van der Waals surface area contributed by atoms with Crippen LogP contribution in [0.4, 0.5) is 5.82 Å². The number of carbonyl (C=O) groups is 1. The van der Waals surface area contributed by atoms with Crippen molar-refractivity contribution >= 4 is 11.7 Å². The number of nitrogens with zero attached hydrogens (tertiary/aromatic N) is 2. The summed E-state index contributed by atoms with van der Waals surface area (Å²) in [6.45, 7) is 3.07. The first-order valence-electron chi connectivity index (χ1n) is 9.62. The number of benzene rings is 2. The Bertz CT molecular complexity index is 914. The first-order chi connectivity index (χ1) is 13.8. The second-order valence-corrected chi connectivity index (χ2v) is 6.91. The summed E-state index contributed by atoms with van der Waals surface area (Å²) in [6.07, 6.45) is 0. The van der Waals surface area contributed by atoms with Crippen LogP contribution in [-0.2, 0) is 6.54 Å². The summed E-state index contributed by atoms with van der Waals surface area (Å²) in [7, 11) is 0. The summed E-state index contributed by atoms with van der Waals surface area (Å²) in [5.41, 5.74) is 2.78. The zero-order valence-corrected chi connectivity index (χ0v) is 15.7. The minimum absolute atomic E-state index is 0.152. The van der Waals surface area contributed by atoms with E-state index >= 15 is 0 Å². The van der Waals surface area contributed by atoms with Gasteiger partial charge in [0, 0.05) is 32.2 Å². The fourth-order valence-corrected chi connectivity index (χ4v) is 3.46. The van der Waals surface area contributed by atoms with Crippen molar-refractivity contribution in [2.75, 3.05) is 24.5 Å². The first-order valence-corrected chi connectivity index (χ1v) is 9.62. The van der Waals surface area contributed by atoms with Crippen molar-refractivity contribution in [2.45, 2.75) is 12.6 Å². The van der Waals surface area contributed by atoms with E-state index in [1.54, 1.807) is 6.07 Å². The number of hydrogen-bond donors (Lipinski definition) is 2. The number of anilines is 1. The van der Waals surface area contributed by atoms with Crippen LogP contribution in [-0.4, -0.2) is 30.5 Å². The molecule has 3 aromatic rings. The summed E-state index contributed by atoms with van der Waals surface area (Å²) in [6, 6.07) is 26.2. The zero-order chi connectivity index (χ0) is 19.2. The van der Waals surface area contributed by atoms with Crippen molar-refractivity contribution in [1.82, 2.24) is 15.6 Å². The van der Waals surface area contributed by atoms with Crippen LogP contribution in [0.3, 0.4) is 0 Å². The predicted octanol–water partition coefficient (Wildman–Crippen LogP) is 3.16. The van der Waals surface area contributed by atoms with E-state index < -0.39 is 0 Å². The van der Waals surface area contributed by atoms with Crippen LogP contribution in [0.2, 0.25) is 0 Å². The Labute approximate surface area is 165 Å². The number of aromatic nitrogens is 1. The molecule has 1 aromatic heterocycles. The van der Waals surface area contributed by atoms with Gasteiger partial charge in [0.2, 0.25) is 0 Å². The maximum atomic E-state index is 12.5. The van der Waals surface area contributed by atoms with E-state index in [1.807, 2.05) is 48.5 Å². The highest BCUT2D eigenvalue weighted by Crippen LogP contribution is 2.21. The second-order valence-electron chi connectivity index (χ2n) is 6.91. The molecule has 2 aromatic carbocycles. The predicted molar refractivity (Wildman–Crippen MR) is 111 cm³/mol. The molecular weight excluding hydrogens is 348 g/mol. The van der Waals surface area contributed by atoms with Crippen molar-refractivity contribution in [3.63, 3.8) is 0 Å². The topological polar surface area (TPSA) is 57.3 Å². The van der Waals surface area contributed by atoms with Crippen molar-refractivity contribution in [3.8, 4) is 0 Å². The molecule has 1 fully saturated rings. The molecule has 28 heavy (non-hydrogen) atoms. The van der Waals surface area contributed by atoms with Gasteiger partial charge in [-0.3, -0.25) is 4.79 Å². The molecule has 0 unspecified atom stereocenters. The maximum Gasteiger partial charge on any atom is 0.270 e. The zero-order valence-electron chi connectivity index (χ0n) is 15.7. The Hall–Kier alpha value is -3.18. The Kier molecular flexibility index (Phi) is 5.64. The van der Waals surface area contributed by atoms with Crippen LogP contribution >= 0.6 is 0 Å². The summed E-state index contributed by atoms with van der Waals surface area (Å²) in [4.78, 5) is 19.4. The number of piperazine rings is 1. The van der Waals surface area contributed by atoms with Crippen LogP contribution in [0.5, 0.6) is 0 Å². The smallest absolute Gasteiger partial charge is 0.270 e. The SMILES string of the molecule is O=C(NCc1ccccc1)c1cccc(N2CCN[C@H](c3ccccc3)C2)n1. The lowest BCUT2D eigenvalue weighted by atomic mass is 10.0. The van der Waals surface area contributed by atoms with Gasteiger partial charge >= 0.3 is 0 Å². The van der Waals surface area contributed by atoms with E-state index in [4.69, 9.17) is 0 Å². The molecule has 1 amide bonds. The average molecular weight is 372 g/mol. The van der Waals surface area contributed by atoms with Crippen molar-refractivity contribution in [3.05, 3.63) is 95.7 Å². The standard InChI is InChI=1S/C23H24N4O/c28-23(25-16-18-8-3-1-4-9-18)20-12-7-13-22(26-20)27-15-14-24-21(17-27)19-10-5-2-6-11-19/h1-13,21,24H,14-17H2,(H,25,28)/t21-/m0/s1. The monoisotopic (exact) mass is 372 g/mol. The lowest BCUT2D eigenvalue weighted by molar-refractivity contribution is 0.0946. The van der Waals surface area contributed by atoms with Gasteiger partial charge < -0.3 is 15.5 Å². The molecule has 1 aliphatic rings. The van der Waals surface area contributed by atoms with Crippen LogP contribution in [0.15, 0.2) is 78.9 Å². The van der Waals surface area contributed by atoms with E-state index in [9.17, 15) is 4.79 Å². The minimum Gasteiger partial charge on any atom is -0.353 e. The Morgan fingerprint density at radius 2 is 1.75 bits per heavy atom. The van der Waals surface area contributed by atoms with E-state index in [0.29, 0.717) is 12.2 Å². The molecule has 5 heteroatoms. The normalized spacial score (nSPS) is 16.6. The van der Waals surface area contributed by atoms with Gasteiger partial charge in [0.15, 0.2) is 0 Å². The summed E-state index contributed by atoms with van der Waals surface area (Å²) < 4.78 is 0. The van der Waals surface area contributed by atoms with Gasteiger partial charge in [0.25, 0.3) is 5.91 Å². The fraction of sp³-hybridized carbons (Fsp3) is 0.217. The molecule has 0 radical (unpaired) electrons. The highest BCUT2D eigenvalue weighted by Gasteiger charge is 2.22. The third-order valence-corrected chi connectivity index (χ3v) is 4.96. The number of amides is 1. The van der Waals surface area contributed by atoms with E-state index in [-0.39, 0.29) is 11.9 Å². The molecule has 0 saturated carbocycles. The number of rotatable bonds is 5. The lowest BCUT2D eigenvalue weighted by Gasteiger charge is -2.34. The highest BCUT2D eigenvalue weighted by molar-refractivity contribution is 5.92. The van der Waals surface area contributed by atoms with Crippen LogP contribution in [0.1, 0.15) is 27.7 Å². The molecule has 5 nitrogen and oxygen atoms in total. The lowest BCUT2D eigenvalue weighted by Crippen LogP contribution is -2.46. The number of hydrogen-bond acceptors (Lipinski definition) is 4. The van der Waals surface area contributed by atoms with Crippen LogP contribution in [0.25, 0.3) is 0 Å². The number of pyridine rings is 1. The summed E-state index contributed by atoms with van der Waals surface area (Å²) in [5.74, 6) is 0.690. The van der Waals surface area contributed by atoms with Gasteiger partial charge in [-0.15, -0.1) is 0 Å². The van der Waals surface area contributed by atoms with Gasteiger partial charge in [-0.05, 0) is 23.3 Å². The fourth-order valence-electron chi connectivity index (χ4n) is 3.46. The van der Waals surface area contributed by atoms with E-state index in [0.717, 1.165) is 31.0 Å². The largest absolute Gasteiger partial charge is 0.353 e. The first kappa shape index (κ1) is 18.2. The van der Waals surface area contributed by atoms with Crippen LogP contribution < -0.4 is 15.5 Å². The Balaban J connectivity index is 1.43. The third kappa shape index (κ3) is 4.38. The number of nitrogens with one attached hydrogen (secondary N) is 2. The second kappa shape index (κ2) is 8.67. The molecule has 0 spiro atoms. The van der Waals surface area contributed by atoms with Gasteiger partial charge in [0.1, 0.15) is 11.5 Å². The molecule has 142 valence electrons. The Morgan fingerprint density at radius 1 is 1.00 bits per heavy atom. The van der Waals surface area contributed by atoms with Crippen molar-refractivity contribution in [2.24, 2.45) is 0 Å². The summed E-state index contributed by atoms with van der Waals surface area (Å²) in [5, 5.41) is 6.51. The molecule has 1 aliphatic heterocycles. The average Bonchev–Trinajstić information content (AvgIpc) is 2.79. The van der Waals surface area contributed by atoms with Gasteiger partial charge in [-0.2, -0.15) is 0 Å². The van der Waals surface area contributed by atoms with Crippen molar-refractivity contribution in [1.29, 1.82) is 0 Å². The molecule has 4 rings (SSSR count). The molecule has 2 N–H and O–H groups in total. The molecular formula is C23H24N4O. The minimum atomic E-state index is -0.152. The van der Waals surface area contributed by atoms with Gasteiger partial charge in [-0.1, -0.05) is 66.7 Å². The number of carbonyl (C=O) groups excluding carboxylic acids is 1. The quantitative estimate of drug-likeness (QED) is 0.722. The molecule has 0 bridgehead atoms.